The molecule has 0 spiro atoms. The van der Waals surface area contributed by atoms with Gasteiger partial charge in [-0.15, -0.1) is 10.2 Å². The molecule has 13 heavy (non-hydrogen) atoms. The lowest BCUT2D eigenvalue weighted by Crippen LogP contribution is -2.19. The highest BCUT2D eigenvalue weighted by Crippen LogP contribution is 1.96. The summed E-state index contributed by atoms with van der Waals surface area (Å²) in [6.07, 6.45) is -0.858. The summed E-state index contributed by atoms with van der Waals surface area (Å²) in [5, 5.41) is 19.5. The van der Waals surface area contributed by atoms with Crippen molar-refractivity contribution in [2.75, 3.05) is 0 Å². The van der Waals surface area contributed by atoms with Gasteiger partial charge in [-0.25, -0.2) is 4.79 Å². The number of aromatic nitrogens is 4. The van der Waals surface area contributed by atoms with E-state index >= 15 is 0 Å². The zero-order chi connectivity index (χ0) is 9.84. The largest absolute Gasteiger partial charge is 0.479 e. The van der Waals surface area contributed by atoms with E-state index < -0.39 is 12.1 Å². The van der Waals surface area contributed by atoms with Crippen LogP contribution in [0.5, 0.6) is 0 Å². The molecule has 0 saturated carbocycles. The molecule has 1 N–H and O–H groups in total. The third-order valence-corrected chi connectivity index (χ3v) is 1.36. The maximum absolute atomic E-state index is 10.3. The van der Waals surface area contributed by atoms with Crippen LogP contribution in [0.1, 0.15) is 12.7 Å². The van der Waals surface area contributed by atoms with Gasteiger partial charge in [0.05, 0.1) is 7.05 Å². The molecule has 0 radical (unpaired) electrons. The summed E-state index contributed by atoms with van der Waals surface area (Å²) >= 11 is 0. The zero-order valence-corrected chi connectivity index (χ0v) is 7.34. The predicted octanol–water partition coefficient (Wildman–Crippen LogP) is -0.800. The number of hydrogen-bond donors (Lipinski definition) is 1. The van der Waals surface area contributed by atoms with Crippen LogP contribution in [0.3, 0.4) is 0 Å². The summed E-state index contributed by atoms with van der Waals surface area (Å²) in [6, 6.07) is 0. The molecule has 72 valence electrons. The fourth-order valence-electron chi connectivity index (χ4n) is 0.652. The molecule has 0 amide bonds. The number of aliphatic carboxylic acids is 1. The van der Waals surface area contributed by atoms with Crippen LogP contribution in [0, 0.1) is 0 Å². The van der Waals surface area contributed by atoms with Crippen molar-refractivity contribution in [3.8, 4) is 0 Å². The van der Waals surface area contributed by atoms with Crippen molar-refractivity contribution in [3.63, 3.8) is 0 Å². The second-order valence-corrected chi connectivity index (χ2v) is 2.49. The van der Waals surface area contributed by atoms with E-state index in [-0.39, 0.29) is 6.61 Å². The van der Waals surface area contributed by atoms with E-state index in [0.29, 0.717) is 5.82 Å². The van der Waals surface area contributed by atoms with Crippen molar-refractivity contribution in [3.05, 3.63) is 5.82 Å². The lowest BCUT2D eigenvalue weighted by molar-refractivity contribution is -0.150. The number of carboxylic acids is 1. The number of carbonyl (C=O) groups is 1. The molecule has 1 rings (SSSR count). The Bertz CT molecular complexity index is 298. The molecular weight excluding hydrogens is 176 g/mol. The van der Waals surface area contributed by atoms with Crippen molar-refractivity contribution in [1.29, 1.82) is 0 Å². The van der Waals surface area contributed by atoms with Gasteiger partial charge in [0.2, 0.25) is 0 Å². The van der Waals surface area contributed by atoms with E-state index in [1.807, 2.05) is 0 Å². The lowest BCUT2D eigenvalue weighted by Gasteiger charge is -2.04. The lowest BCUT2D eigenvalue weighted by atomic mass is 10.4. The molecule has 7 heteroatoms. The summed E-state index contributed by atoms with van der Waals surface area (Å²) in [5.41, 5.74) is 0. The number of carboxylic acid groups (broad SMARTS) is 1. The van der Waals surface area contributed by atoms with Crippen molar-refractivity contribution < 1.29 is 14.6 Å². The van der Waals surface area contributed by atoms with E-state index in [2.05, 4.69) is 15.4 Å². The second-order valence-electron chi connectivity index (χ2n) is 2.49. The molecule has 1 heterocycles. The summed E-state index contributed by atoms with van der Waals surface area (Å²) in [5.74, 6) is -0.639. The standard InChI is InChI=1S/C6H10N4O3/c1-4(6(11)12)13-3-5-7-9-10(2)8-5/h4H,3H2,1-2H3,(H,11,12)/t4-/m1/s1. The fourth-order valence-corrected chi connectivity index (χ4v) is 0.652. The number of tetrazole rings is 1. The molecule has 1 atom stereocenters. The Morgan fingerprint density at radius 3 is 2.92 bits per heavy atom. The Hall–Kier alpha value is -1.50. The normalized spacial score (nSPS) is 12.8. The molecule has 0 saturated heterocycles. The molecule has 0 aliphatic carbocycles. The Morgan fingerprint density at radius 1 is 1.77 bits per heavy atom. The van der Waals surface area contributed by atoms with E-state index in [1.54, 1.807) is 7.05 Å². The average molecular weight is 186 g/mol. The van der Waals surface area contributed by atoms with Crippen LogP contribution in [0.4, 0.5) is 0 Å². The molecule has 0 aliphatic rings. The number of nitrogens with zero attached hydrogens (tertiary/aromatic N) is 4. The number of rotatable bonds is 4. The maximum atomic E-state index is 10.3. The van der Waals surface area contributed by atoms with Gasteiger partial charge >= 0.3 is 5.97 Å². The van der Waals surface area contributed by atoms with Gasteiger partial charge < -0.3 is 9.84 Å². The van der Waals surface area contributed by atoms with Gasteiger partial charge in [-0.2, -0.15) is 4.80 Å². The Kier molecular flexibility index (Phi) is 2.91. The van der Waals surface area contributed by atoms with Crippen molar-refractivity contribution in [2.24, 2.45) is 7.05 Å². The molecule has 0 unspecified atom stereocenters. The van der Waals surface area contributed by atoms with E-state index in [4.69, 9.17) is 9.84 Å². The first-order chi connectivity index (χ1) is 6.09. The van der Waals surface area contributed by atoms with Crippen LogP contribution in [0.25, 0.3) is 0 Å². The predicted molar refractivity (Wildman–Crippen MR) is 40.7 cm³/mol. The first kappa shape index (κ1) is 9.59. The van der Waals surface area contributed by atoms with Gasteiger partial charge in [0.15, 0.2) is 11.9 Å². The first-order valence-electron chi connectivity index (χ1n) is 3.67. The van der Waals surface area contributed by atoms with Crippen LogP contribution < -0.4 is 0 Å². The topological polar surface area (TPSA) is 90.1 Å². The van der Waals surface area contributed by atoms with Gasteiger partial charge in [-0.1, -0.05) is 0 Å². The van der Waals surface area contributed by atoms with Crippen LogP contribution in [0.2, 0.25) is 0 Å². The van der Waals surface area contributed by atoms with Crippen LogP contribution >= 0.6 is 0 Å². The van der Waals surface area contributed by atoms with Gasteiger partial charge in [0.25, 0.3) is 0 Å². The molecule has 1 aromatic heterocycles. The number of hydrogen-bond acceptors (Lipinski definition) is 5. The fraction of sp³-hybridized carbons (Fsp3) is 0.667. The molecule has 0 fully saturated rings. The van der Waals surface area contributed by atoms with E-state index in [0.717, 1.165) is 0 Å². The molecule has 0 aliphatic heterocycles. The Morgan fingerprint density at radius 2 is 2.46 bits per heavy atom. The maximum Gasteiger partial charge on any atom is 0.332 e. The van der Waals surface area contributed by atoms with Crippen molar-refractivity contribution in [2.45, 2.75) is 19.6 Å². The molecule has 0 bridgehead atoms. The highest BCUT2D eigenvalue weighted by molar-refractivity contribution is 5.71. The third kappa shape index (κ3) is 2.79. The van der Waals surface area contributed by atoms with Gasteiger partial charge in [0.1, 0.15) is 6.61 Å². The van der Waals surface area contributed by atoms with E-state index in [9.17, 15) is 4.79 Å². The summed E-state index contributed by atoms with van der Waals surface area (Å²) in [6.45, 7) is 1.50. The summed E-state index contributed by atoms with van der Waals surface area (Å²) in [7, 11) is 1.62. The van der Waals surface area contributed by atoms with Crippen LogP contribution in [0.15, 0.2) is 0 Å². The molecule has 7 nitrogen and oxygen atoms in total. The number of aryl methyl sites for hydroxylation is 1. The SMILES string of the molecule is C[C@@H](OCc1nnn(C)n1)C(=O)O. The highest BCUT2D eigenvalue weighted by Gasteiger charge is 2.12. The van der Waals surface area contributed by atoms with Crippen LogP contribution in [-0.4, -0.2) is 37.4 Å². The minimum Gasteiger partial charge on any atom is -0.479 e. The Labute approximate surface area is 74.3 Å². The minimum absolute atomic E-state index is 0.0569. The minimum atomic E-state index is -1.01. The molecule has 1 aromatic rings. The monoisotopic (exact) mass is 186 g/mol. The molecular formula is C6H10N4O3. The summed E-state index contributed by atoms with van der Waals surface area (Å²) < 4.78 is 4.92. The van der Waals surface area contributed by atoms with Crippen molar-refractivity contribution >= 4 is 5.97 Å². The Balaban J connectivity index is 2.39. The number of ether oxygens (including phenoxy) is 1. The quantitative estimate of drug-likeness (QED) is 0.662. The van der Waals surface area contributed by atoms with Gasteiger partial charge in [-0.3, -0.25) is 0 Å². The molecule has 0 aromatic carbocycles. The second kappa shape index (κ2) is 3.94. The smallest absolute Gasteiger partial charge is 0.332 e. The third-order valence-electron chi connectivity index (χ3n) is 1.36. The van der Waals surface area contributed by atoms with E-state index in [1.165, 1.54) is 11.7 Å². The van der Waals surface area contributed by atoms with Gasteiger partial charge in [-0.05, 0) is 12.1 Å². The van der Waals surface area contributed by atoms with Crippen LogP contribution in [-0.2, 0) is 23.2 Å². The highest BCUT2D eigenvalue weighted by atomic mass is 16.5. The average Bonchev–Trinajstić information content (AvgIpc) is 2.47. The first-order valence-corrected chi connectivity index (χ1v) is 3.67. The summed E-state index contributed by atoms with van der Waals surface area (Å²) in [4.78, 5) is 11.6. The van der Waals surface area contributed by atoms with Crippen molar-refractivity contribution in [1.82, 2.24) is 20.2 Å². The van der Waals surface area contributed by atoms with Gasteiger partial charge in [0, 0.05) is 0 Å². The zero-order valence-electron chi connectivity index (χ0n) is 7.34.